The van der Waals surface area contributed by atoms with Crippen LogP contribution in [0.2, 0.25) is 0 Å². The number of carbonyl (C=O) groups is 4. The molecule has 14 heteroatoms. The van der Waals surface area contributed by atoms with Crippen LogP contribution in [-0.4, -0.2) is 116 Å². The molecule has 0 radical (unpaired) electrons. The van der Waals surface area contributed by atoms with Crippen molar-refractivity contribution in [3.05, 3.63) is 89.5 Å². The predicted octanol–water partition coefficient (Wildman–Crippen LogP) is 3.61. The molecular weight excluding hydrogens is 757 g/mol. The number of carboxylic acid groups (broad SMARTS) is 3. The summed E-state index contributed by atoms with van der Waals surface area (Å²) in [5, 5.41) is 39.6. The summed E-state index contributed by atoms with van der Waals surface area (Å²) in [7, 11) is 0. The molecule has 0 unspecified atom stereocenters. The molecule has 6 rings (SSSR count). The zero-order chi connectivity index (χ0) is 41.6. The Labute approximate surface area is 345 Å². The van der Waals surface area contributed by atoms with Crippen molar-refractivity contribution in [1.82, 2.24) is 20.9 Å². The monoisotopic (exact) mass is 814 g/mol. The second-order valence-electron chi connectivity index (χ2n) is 16.0. The molecule has 0 aliphatic carbocycles. The lowest BCUT2D eigenvalue weighted by molar-refractivity contribution is -0.144. The van der Waals surface area contributed by atoms with Gasteiger partial charge in [-0.15, -0.1) is 0 Å². The highest BCUT2D eigenvalue weighted by molar-refractivity contribution is 5.78. The van der Waals surface area contributed by atoms with Gasteiger partial charge in [0.1, 0.15) is 30.5 Å². The summed E-state index contributed by atoms with van der Waals surface area (Å²) in [5.41, 5.74) is 2.55. The quantitative estimate of drug-likeness (QED) is 0.0814. The fourth-order valence-corrected chi connectivity index (χ4v) is 8.62. The van der Waals surface area contributed by atoms with Gasteiger partial charge < -0.3 is 50.4 Å². The van der Waals surface area contributed by atoms with Crippen LogP contribution in [0.5, 0.6) is 17.2 Å². The van der Waals surface area contributed by atoms with Crippen LogP contribution in [-0.2, 0) is 38.4 Å². The lowest BCUT2D eigenvalue weighted by Gasteiger charge is -2.24. The topological polar surface area (TPSA) is 196 Å². The number of benzene rings is 3. The number of hydrogen-bond acceptors (Lipinski definition) is 10. The van der Waals surface area contributed by atoms with Gasteiger partial charge in [-0.05, 0) is 149 Å². The fraction of sp³-hybridized carbons (Fsp3) is 0.511. The molecule has 0 aromatic heterocycles. The molecule has 14 nitrogen and oxygen atoms in total. The number of rotatable bonds is 23. The zero-order valence-electron chi connectivity index (χ0n) is 33.6. The normalized spacial score (nSPS) is 20.4. The Balaban J connectivity index is 1.08. The summed E-state index contributed by atoms with van der Waals surface area (Å²) in [6.45, 7) is 4.99. The summed E-state index contributed by atoms with van der Waals surface area (Å²) in [5.74, 6) is -2.45. The average molecular weight is 815 g/mol. The highest BCUT2D eigenvalue weighted by Gasteiger charge is 2.33. The van der Waals surface area contributed by atoms with E-state index in [0.29, 0.717) is 56.1 Å². The molecule has 318 valence electrons. The fourth-order valence-electron chi connectivity index (χ4n) is 8.62. The number of carbonyl (C=O) groups excluding carboxylic acids is 1. The Morgan fingerprint density at radius 3 is 1.24 bits per heavy atom. The molecule has 3 aliphatic heterocycles. The number of hydrogen-bond donors (Lipinski definition) is 6. The van der Waals surface area contributed by atoms with E-state index in [0.717, 1.165) is 55.6 Å². The molecule has 3 aromatic carbocycles. The summed E-state index contributed by atoms with van der Waals surface area (Å²) in [4.78, 5) is 51.7. The zero-order valence-corrected chi connectivity index (χ0v) is 33.6. The number of carboxylic acids is 3. The van der Waals surface area contributed by atoms with Crippen molar-refractivity contribution in [2.75, 3.05) is 72.2 Å². The summed E-state index contributed by atoms with van der Waals surface area (Å²) in [6, 6.07) is 22.0. The minimum absolute atomic E-state index is 0.0499. The first-order chi connectivity index (χ1) is 28.6. The van der Waals surface area contributed by atoms with Crippen LogP contribution in [0.1, 0.15) is 36.0 Å². The van der Waals surface area contributed by atoms with Crippen LogP contribution in [0.25, 0.3) is 0 Å². The number of ether oxygens (including phenoxy) is 3. The van der Waals surface area contributed by atoms with Crippen molar-refractivity contribution in [2.45, 2.75) is 38.5 Å². The Hall–Kier alpha value is -5.18. The van der Waals surface area contributed by atoms with E-state index in [1.54, 1.807) is 23.1 Å². The van der Waals surface area contributed by atoms with Crippen LogP contribution < -0.4 is 30.2 Å². The average Bonchev–Trinajstić information content (AvgIpc) is 4.06. The Morgan fingerprint density at radius 2 is 0.915 bits per heavy atom. The molecule has 3 aromatic rings. The first-order valence-electron chi connectivity index (χ1n) is 20.9. The highest BCUT2D eigenvalue weighted by atomic mass is 16.5. The minimum Gasteiger partial charge on any atom is -0.492 e. The van der Waals surface area contributed by atoms with Crippen molar-refractivity contribution in [1.29, 1.82) is 0 Å². The molecule has 6 atom stereocenters. The van der Waals surface area contributed by atoms with E-state index in [4.69, 9.17) is 14.2 Å². The third-order valence-corrected chi connectivity index (χ3v) is 12.0. The van der Waals surface area contributed by atoms with Gasteiger partial charge in [0.25, 0.3) is 5.91 Å². The Morgan fingerprint density at radius 1 is 0.559 bits per heavy atom. The minimum atomic E-state index is -0.823. The summed E-state index contributed by atoms with van der Waals surface area (Å²) in [6.07, 6.45) is 3.62. The van der Waals surface area contributed by atoms with E-state index in [-0.39, 0.29) is 56.6 Å². The van der Waals surface area contributed by atoms with Crippen molar-refractivity contribution >= 4 is 23.8 Å². The molecule has 3 saturated heterocycles. The van der Waals surface area contributed by atoms with Gasteiger partial charge in [-0.1, -0.05) is 36.4 Å². The highest BCUT2D eigenvalue weighted by Crippen LogP contribution is 2.28. The maximum atomic E-state index is 13.7. The lowest BCUT2D eigenvalue weighted by atomic mass is 9.86. The van der Waals surface area contributed by atoms with Gasteiger partial charge in [-0.25, -0.2) is 0 Å². The maximum absolute atomic E-state index is 13.7. The van der Waals surface area contributed by atoms with E-state index in [9.17, 15) is 34.5 Å². The van der Waals surface area contributed by atoms with Gasteiger partial charge in [0, 0.05) is 0 Å². The van der Waals surface area contributed by atoms with Crippen LogP contribution in [0.3, 0.4) is 0 Å². The molecular formula is C45H58N4O10. The van der Waals surface area contributed by atoms with Gasteiger partial charge in [-0.3, -0.25) is 19.2 Å². The molecule has 0 saturated carbocycles. The standard InChI is InChI=1S/C45H58N4O10/c50-42(29-59-38-9-3-6-32(22-38)25-41(45(55)56)35-12-15-48-28-35)49(16-18-57-36-7-1-4-30(20-36)23-39(43(51)52)33-10-13-46-26-33)17-19-58-37-8-2-5-31(21-37)24-40(44(53)54)34-11-14-47-27-34/h1-9,20-22,33-35,39-41,46-48H,10-19,23-29H2,(H,51,52)(H,53,54)(H,55,56)/t33-,34-,35-,39-,40-,41-/m0/s1. The third-order valence-electron chi connectivity index (χ3n) is 12.0. The predicted molar refractivity (Wildman–Crippen MR) is 220 cm³/mol. The van der Waals surface area contributed by atoms with Gasteiger partial charge in [0.2, 0.25) is 0 Å². The van der Waals surface area contributed by atoms with Crippen molar-refractivity contribution in [3.8, 4) is 17.2 Å². The number of nitrogens with one attached hydrogen (secondary N) is 3. The van der Waals surface area contributed by atoms with Crippen molar-refractivity contribution in [2.24, 2.45) is 35.5 Å². The summed E-state index contributed by atoms with van der Waals surface area (Å²) < 4.78 is 18.2. The number of nitrogens with zero attached hydrogens (tertiary/aromatic N) is 1. The molecule has 6 N–H and O–H groups in total. The van der Waals surface area contributed by atoms with E-state index in [2.05, 4.69) is 16.0 Å². The maximum Gasteiger partial charge on any atom is 0.307 e. The summed E-state index contributed by atoms with van der Waals surface area (Å²) >= 11 is 0. The first-order valence-corrected chi connectivity index (χ1v) is 20.9. The first kappa shape index (κ1) is 43.4. The van der Waals surface area contributed by atoms with E-state index < -0.39 is 35.7 Å². The second kappa shape index (κ2) is 21.7. The largest absolute Gasteiger partial charge is 0.492 e. The van der Waals surface area contributed by atoms with Gasteiger partial charge in [-0.2, -0.15) is 0 Å². The van der Waals surface area contributed by atoms with E-state index in [1.165, 1.54) is 0 Å². The molecule has 3 heterocycles. The molecule has 1 amide bonds. The third kappa shape index (κ3) is 12.9. The molecule has 3 aliphatic rings. The SMILES string of the molecule is O=C(O)[C@@H](Cc1cccc(OCCN(CCOc2cccc(C[C@H](C(=O)O)[C@H]3CCNC3)c2)C(=O)COc2cccc(C[C@H](C(=O)O)[C@H]3CCNC3)c2)c1)[C@H]1CCNC1. The molecule has 0 spiro atoms. The second-order valence-corrected chi connectivity index (χ2v) is 16.0. The molecule has 0 bridgehead atoms. The van der Waals surface area contributed by atoms with Crippen molar-refractivity contribution < 1.29 is 48.7 Å². The van der Waals surface area contributed by atoms with Crippen LogP contribution >= 0.6 is 0 Å². The lowest BCUT2D eigenvalue weighted by Crippen LogP contribution is -2.40. The van der Waals surface area contributed by atoms with Crippen molar-refractivity contribution in [3.63, 3.8) is 0 Å². The molecule has 3 fully saturated rings. The Bertz CT molecular complexity index is 1770. The van der Waals surface area contributed by atoms with E-state index in [1.807, 2.05) is 54.6 Å². The van der Waals surface area contributed by atoms with Gasteiger partial charge >= 0.3 is 17.9 Å². The number of aliphatic carboxylic acids is 3. The van der Waals surface area contributed by atoms with E-state index >= 15 is 0 Å². The van der Waals surface area contributed by atoms with Crippen LogP contribution in [0.4, 0.5) is 0 Å². The molecule has 59 heavy (non-hydrogen) atoms. The van der Waals surface area contributed by atoms with Gasteiger partial charge in [0.05, 0.1) is 30.8 Å². The Kier molecular flexibility index (Phi) is 16.0. The van der Waals surface area contributed by atoms with Gasteiger partial charge in [0.15, 0.2) is 6.61 Å². The smallest absolute Gasteiger partial charge is 0.307 e. The number of amides is 1. The van der Waals surface area contributed by atoms with Crippen LogP contribution in [0, 0.1) is 35.5 Å². The van der Waals surface area contributed by atoms with Crippen LogP contribution in [0.15, 0.2) is 72.8 Å².